The number of aliphatic hydroxyl groups is 6. The van der Waals surface area contributed by atoms with E-state index in [0.717, 1.165) is 83.5 Å². The van der Waals surface area contributed by atoms with E-state index >= 15 is 0 Å². The van der Waals surface area contributed by atoms with Gasteiger partial charge in [0.2, 0.25) is 0 Å². The molecule has 6 atom stereocenters. The third-order valence-corrected chi connectivity index (χ3v) is 17.2. The lowest BCUT2D eigenvalue weighted by Gasteiger charge is -2.38. The Kier molecular flexibility index (Phi) is 28.4. The number of likely N-dealkylation sites (tertiary alicyclic amines) is 2. The first-order valence-corrected chi connectivity index (χ1v) is 29.3. The number of H-pyrrole nitrogens is 2. The van der Waals surface area contributed by atoms with E-state index < -0.39 is 36.7 Å². The Balaban J connectivity index is 0.000000275. The van der Waals surface area contributed by atoms with E-state index in [4.69, 9.17) is 40.1 Å². The number of aromatic amines is 2. The van der Waals surface area contributed by atoms with Crippen LogP contribution in [0.3, 0.4) is 0 Å². The standard InChI is InChI=1S/2C27H32N2O2S.2C4H8O4.CH4.2H2S/c2*1-17-16-32-27-8-7-20(13-23(17)27)21-9-10-29(19(3)12-21)14-22(30)15-31-26-6-4-5-25-24(26)11-18(2)28-25;2*5-3(6)1-2-4(7)8;;;/h2*4-8,11,13,16,19,21-22,28,30H,9-10,12,14-15H2,1-3H3;2*3,5-6H,1-2H2,(H,7,8);1H4;2*1H2/t19-,21+,22+;19-,21+,22-;;;;;/m10...../s1. The van der Waals surface area contributed by atoms with E-state index in [1.54, 1.807) is 0 Å². The van der Waals surface area contributed by atoms with Gasteiger partial charge in [0.25, 0.3) is 0 Å². The number of aliphatic hydroxyl groups excluding tert-OH is 4. The number of fused-ring (bicyclic) bond motifs is 4. The molecule has 2 saturated heterocycles. The van der Waals surface area contributed by atoms with Crippen molar-refractivity contribution < 1.29 is 59.9 Å². The molecule has 83 heavy (non-hydrogen) atoms. The smallest absolute Gasteiger partial charge is 0.303 e. The molecule has 0 amide bonds. The topological polar surface area (TPSA) is 252 Å². The van der Waals surface area contributed by atoms with Crippen LogP contribution in [-0.2, 0) is 9.59 Å². The molecule has 0 aliphatic carbocycles. The molecule has 4 aromatic carbocycles. The molecular formula is C63H88N4O12S4. The number of benzene rings is 4. The first-order valence-electron chi connectivity index (χ1n) is 27.6. The molecule has 2 aliphatic rings. The fourth-order valence-corrected chi connectivity index (χ4v) is 12.6. The predicted octanol–water partition coefficient (Wildman–Crippen LogP) is 11.2. The molecule has 2 aliphatic heterocycles. The van der Waals surface area contributed by atoms with Gasteiger partial charge in [0, 0.05) is 80.6 Å². The van der Waals surface area contributed by atoms with Crippen LogP contribution in [0.4, 0.5) is 0 Å². The van der Waals surface area contributed by atoms with Crippen LogP contribution in [0.15, 0.2) is 95.7 Å². The van der Waals surface area contributed by atoms with E-state index in [2.05, 4.69) is 119 Å². The van der Waals surface area contributed by atoms with Crippen LogP contribution in [-0.4, -0.2) is 149 Å². The molecule has 16 nitrogen and oxygen atoms in total. The number of nitrogens with one attached hydrogen (secondary N) is 2. The number of carboxylic acid groups (broad SMARTS) is 2. The maximum atomic E-state index is 10.7. The van der Waals surface area contributed by atoms with Gasteiger partial charge in [0.1, 0.15) is 36.9 Å². The van der Waals surface area contributed by atoms with Gasteiger partial charge >= 0.3 is 11.9 Å². The molecule has 0 spiro atoms. The van der Waals surface area contributed by atoms with Crippen molar-refractivity contribution in [2.75, 3.05) is 39.4 Å². The van der Waals surface area contributed by atoms with E-state index in [1.165, 1.54) is 42.4 Å². The highest BCUT2D eigenvalue weighted by Crippen LogP contribution is 2.37. The van der Waals surface area contributed by atoms with Crippen LogP contribution < -0.4 is 9.47 Å². The van der Waals surface area contributed by atoms with Gasteiger partial charge in [-0.15, -0.1) is 22.7 Å². The molecule has 10 rings (SSSR count). The summed E-state index contributed by atoms with van der Waals surface area (Å²) in [5.41, 5.74) is 10.1. The number of hydrogen-bond donors (Lipinski definition) is 10. The molecule has 0 radical (unpaired) electrons. The summed E-state index contributed by atoms with van der Waals surface area (Å²) in [5.74, 6) is 0.810. The van der Waals surface area contributed by atoms with Crippen LogP contribution in [0, 0.1) is 27.7 Å². The average Bonchev–Trinajstić information content (AvgIpc) is 4.26. The van der Waals surface area contributed by atoms with Gasteiger partial charge in [0.05, 0.1) is 12.8 Å². The van der Waals surface area contributed by atoms with Gasteiger partial charge in [-0.2, -0.15) is 27.0 Å². The van der Waals surface area contributed by atoms with Crippen molar-refractivity contribution in [1.29, 1.82) is 0 Å². The van der Waals surface area contributed by atoms with Gasteiger partial charge in [-0.3, -0.25) is 19.4 Å². The van der Waals surface area contributed by atoms with E-state index in [1.807, 2.05) is 60.8 Å². The Hall–Kier alpha value is -5.20. The van der Waals surface area contributed by atoms with Crippen molar-refractivity contribution in [3.05, 3.63) is 129 Å². The van der Waals surface area contributed by atoms with Crippen molar-refractivity contribution in [2.45, 2.75) is 149 Å². The van der Waals surface area contributed by atoms with Crippen LogP contribution in [0.25, 0.3) is 42.0 Å². The zero-order valence-corrected chi connectivity index (χ0v) is 51.3. The summed E-state index contributed by atoms with van der Waals surface area (Å²) in [6, 6.07) is 31.1. The third-order valence-electron chi connectivity index (χ3n) is 15.1. The average molecular weight is 1220 g/mol. The van der Waals surface area contributed by atoms with Crippen LogP contribution in [0.1, 0.15) is 118 Å². The number of carbonyl (C=O) groups is 2. The highest BCUT2D eigenvalue weighted by atomic mass is 32.1. The number of carboxylic acids is 2. The molecule has 2 fully saturated rings. The van der Waals surface area contributed by atoms with Crippen LogP contribution in [0.5, 0.6) is 11.5 Å². The molecule has 0 unspecified atom stereocenters. The Labute approximate surface area is 509 Å². The fourth-order valence-electron chi connectivity index (χ4n) is 10.8. The molecule has 0 bridgehead atoms. The minimum absolute atomic E-state index is 0. The lowest BCUT2D eigenvalue weighted by molar-refractivity contribution is -0.140. The van der Waals surface area contributed by atoms with Gasteiger partial charge in [0.15, 0.2) is 12.6 Å². The number of aromatic nitrogens is 2. The Morgan fingerprint density at radius 3 is 1.30 bits per heavy atom. The zero-order valence-electron chi connectivity index (χ0n) is 47.7. The summed E-state index contributed by atoms with van der Waals surface area (Å²) < 4.78 is 14.8. The fraction of sp³-hybridized carbons (Fsp3) is 0.460. The summed E-state index contributed by atoms with van der Waals surface area (Å²) in [4.78, 5) is 30.9. The Morgan fingerprint density at radius 2 is 0.964 bits per heavy atom. The van der Waals surface area contributed by atoms with Crippen LogP contribution >= 0.6 is 49.7 Å². The summed E-state index contributed by atoms with van der Waals surface area (Å²) in [6.45, 7) is 17.0. The Bertz CT molecular complexity index is 3050. The number of ether oxygens (including phenoxy) is 2. The minimum atomic E-state index is -1.49. The quantitative estimate of drug-likeness (QED) is 0.0359. The number of nitrogens with zero attached hydrogens (tertiary/aromatic N) is 2. The first kappa shape index (κ1) is 70.3. The molecule has 10 N–H and O–H groups in total. The lowest BCUT2D eigenvalue weighted by atomic mass is 9.85. The highest BCUT2D eigenvalue weighted by molar-refractivity contribution is 7.59. The number of piperidine rings is 2. The monoisotopic (exact) mass is 1220 g/mol. The van der Waals surface area contributed by atoms with Crippen molar-refractivity contribution >= 4 is 104 Å². The number of aliphatic carboxylic acids is 2. The predicted molar refractivity (Wildman–Crippen MR) is 346 cm³/mol. The summed E-state index contributed by atoms with van der Waals surface area (Å²) in [5, 5.41) is 79.1. The second-order valence-electron chi connectivity index (χ2n) is 21.6. The van der Waals surface area contributed by atoms with E-state index in [9.17, 15) is 19.8 Å². The zero-order chi connectivity index (χ0) is 57.6. The van der Waals surface area contributed by atoms with Crippen molar-refractivity contribution in [1.82, 2.24) is 19.8 Å². The molecule has 20 heteroatoms. The summed E-state index contributed by atoms with van der Waals surface area (Å²) in [7, 11) is 0. The van der Waals surface area contributed by atoms with Crippen molar-refractivity contribution in [3.8, 4) is 11.5 Å². The number of thiophene rings is 2. The molecule has 8 aromatic rings. The molecule has 456 valence electrons. The number of rotatable bonds is 18. The highest BCUT2D eigenvalue weighted by Gasteiger charge is 2.30. The normalized spacial score (nSPS) is 17.9. The first-order chi connectivity index (χ1) is 38.2. The molecule has 6 heterocycles. The van der Waals surface area contributed by atoms with E-state index in [0.29, 0.717) is 50.2 Å². The summed E-state index contributed by atoms with van der Waals surface area (Å²) >= 11 is 3.66. The number of β-amino-alcohol motifs (C(OH)–C–C–N with tert-alkyl or cyclic N) is 2. The lowest BCUT2D eigenvalue weighted by Crippen LogP contribution is -2.45. The Morgan fingerprint density at radius 1 is 0.578 bits per heavy atom. The molecular weight excluding hydrogens is 1130 g/mol. The van der Waals surface area contributed by atoms with Gasteiger partial charge in [-0.1, -0.05) is 31.7 Å². The van der Waals surface area contributed by atoms with Crippen LogP contribution in [0.2, 0.25) is 0 Å². The number of hydrogen-bond acceptors (Lipinski definition) is 14. The van der Waals surface area contributed by atoms with E-state index in [-0.39, 0.29) is 60.1 Å². The third kappa shape index (κ3) is 20.5. The number of aryl methyl sites for hydroxylation is 4. The van der Waals surface area contributed by atoms with Gasteiger partial charge in [-0.05, 0) is 197 Å². The van der Waals surface area contributed by atoms with Gasteiger partial charge in [-0.25, -0.2) is 0 Å². The maximum absolute atomic E-state index is 10.7. The van der Waals surface area contributed by atoms with Gasteiger partial charge < -0.3 is 60.3 Å². The van der Waals surface area contributed by atoms with Crippen molar-refractivity contribution in [2.24, 2.45) is 0 Å². The van der Waals surface area contributed by atoms with Crippen molar-refractivity contribution in [3.63, 3.8) is 0 Å². The molecule has 4 aromatic heterocycles. The second-order valence-corrected chi connectivity index (χ2v) is 23.4. The molecule has 0 saturated carbocycles. The SMILES string of the molecule is C.Cc1cc2c(OC[C@@H](O)CN3CC[C@@H](c4ccc5scc(C)c5c4)C[C@@H]3C)cccc2[nH]1.Cc1cc2c(OC[C@@H](O)CN3CC[C@H](c4ccc5scc(C)c5c4)C[C@H]3C)cccc2[nH]1.O=C(O)CCC(O)O.O=C(O)CCC(O)O.S.S. The maximum Gasteiger partial charge on any atom is 0.303 e. The summed E-state index contributed by atoms with van der Waals surface area (Å²) in [6.07, 6.45) is -0.0716. The minimum Gasteiger partial charge on any atom is -0.490 e. The second kappa shape index (κ2) is 33.5. The largest absolute Gasteiger partial charge is 0.490 e.